The van der Waals surface area contributed by atoms with Crippen LogP contribution in [0, 0.1) is 5.92 Å². The van der Waals surface area contributed by atoms with Crippen molar-refractivity contribution in [2.24, 2.45) is 5.92 Å². The highest BCUT2D eigenvalue weighted by Crippen LogP contribution is 2.49. The van der Waals surface area contributed by atoms with E-state index < -0.39 is 48.7 Å². The van der Waals surface area contributed by atoms with E-state index in [2.05, 4.69) is 0 Å². The minimum Gasteiger partial charge on any atom is -0.481 e. The van der Waals surface area contributed by atoms with Gasteiger partial charge < -0.3 is 10.2 Å². The molecule has 0 rings (SSSR count). The van der Waals surface area contributed by atoms with E-state index in [1.807, 2.05) is 0 Å². The number of halogens is 7. The van der Waals surface area contributed by atoms with Crippen LogP contribution in [-0.2, 0) is 9.59 Å². The van der Waals surface area contributed by atoms with E-state index >= 15 is 0 Å². The lowest BCUT2D eigenvalue weighted by Gasteiger charge is -2.29. The molecule has 0 aromatic rings. The van der Waals surface area contributed by atoms with Crippen molar-refractivity contribution in [2.45, 2.75) is 30.9 Å². The average Bonchev–Trinajstić information content (AvgIpc) is 2.13. The normalized spacial score (nSPS) is 15.1. The maximum Gasteiger partial charge on any atom is 0.459 e. The molecule has 0 fully saturated rings. The molecular formula is C8H7F7O4. The Morgan fingerprint density at radius 1 is 0.947 bits per heavy atom. The molecule has 0 saturated heterocycles. The molecule has 4 nitrogen and oxygen atoms in total. The summed E-state index contributed by atoms with van der Waals surface area (Å²) in [6.45, 7) is 0. The van der Waals surface area contributed by atoms with Crippen LogP contribution in [0.1, 0.15) is 12.8 Å². The van der Waals surface area contributed by atoms with Crippen molar-refractivity contribution in [1.29, 1.82) is 0 Å². The maximum atomic E-state index is 12.8. The fourth-order valence-corrected chi connectivity index (χ4v) is 1.10. The van der Waals surface area contributed by atoms with Gasteiger partial charge in [-0.1, -0.05) is 0 Å². The summed E-state index contributed by atoms with van der Waals surface area (Å²) in [5, 5.41) is 16.5. The Bertz CT molecular complexity index is 363. The van der Waals surface area contributed by atoms with Gasteiger partial charge >= 0.3 is 30.0 Å². The first-order chi connectivity index (χ1) is 8.22. The Labute approximate surface area is 100 Å². The van der Waals surface area contributed by atoms with Crippen molar-refractivity contribution in [2.75, 3.05) is 0 Å². The smallest absolute Gasteiger partial charge is 0.459 e. The highest BCUT2D eigenvalue weighted by atomic mass is 19.4. The molecule has 1 atom stereocenters. The van der Waals surface area contributed by atoms with Crippen LogP contribution in [0.25, 0.3) is 0 Å². The molecule has 0 aliphatic heterocycles. The van der Waals surface area contributed by atoms with Crippen LogP contribution in [0.15, 0.2) is 0 Å². The van der Waals surface area contributed by atoms with Crippen molar-refractivity contribution >= 4 is 11.9 Å². The number of carboxylic acids is 2. The second-order valence-corrected chi connectivity index (χ2v) is 3.61. The Morgan fingerprint density at radius 3 is 1.63 bits per heavy atom. The predicted octanol–water partition coefficient (Wildman–Crippen LogP) is 2.38. The number of alkyl halides is 7. The highest BCUT2D eigenvalue weighted by molar-refractivity contribution is 5.77. The van der Waals surface area contributed by atoms with Gasteiger partial charge in [0.05, 0.1) is 12.3 Å². The first-order valence-electron chi connectivity index (χ1n) is 4.49. The molecule has 0 saturated carbocycles. The molecule has 0 heterocycles. The first-order valence-corrected chi connectivity index (χ1v) is 4.49. The first kappa shape index (κ1) is 17.4. The Kier molecular flexibility index (Phi) is 4.79. The zero-order valence-electron chi connectivity index (χ0n) is 8.85. The maximum absolute atomic E-state index is 12.8. The predicted molar refractivity (Wildman–Crippen MR) is 43.9 cm³/mol. The zero-order chi connectivity index (χ0) is 15.6. The molecule has 19 heavy (non-hydrogen) atoms. The molecule has 0 aliphatic rings. The van der Waals surface area contributed by atoms with Gasteiger partial charge in [-0.2, -0.15) is 30.7 Å². The second-order valence-electron chi connectivity index (χ2n) is 3.61. The molecule has 112 valence electrons. The van der Waals surface area contributed by atoms with Gasteiger partial charge in [0, 0.05) is 6.42 Å². The molecule has 11 heteroatoms. The van der Waals surface area contributed by atoms with E-state index in [1.165, 1.54) is 0 Å². The number of aliphatic carboxylic acids is 2. The van der Waals surface area contributed by atoms with Crippen molar-refractivity contribution in [3.63, 3.8) is 0 Å². The van der Waals surface area contributed by atoms with Crippen molar-refractivity contribution in [3.05, 3.63) is 0 Å². The van der Waals surface area contributed by atoms with E-state index in [9.17, 15) is 40.3 Å². The Morgan fingerprint density at radius 2 is 1.37 bits per heavy atom. The summed E-state index contributed by atoms with van der Waals surface area (Å²) in [5.74, 6) is -18.9. The van der Waals surface area contributed by atoms with Crippen LogP contribution in [0.3, 0.4) is 0 Å². The van der Waals surface area contributed by atoms with E-state index in [1.54, 1.807) is 0 Å². The lowest BCUT2D eigenvalue weighted by molar-refractivity contribution is -0.357. The largest absolute Gasteiger partial charge is 0.481 e. The van der Waals surface area contributed by atoms with E-state index in [0.717, 1.165) is 0 Å². The van der Waals surface area contributed by atoms with Crippen molar-refractivity contribution in [3.8, 4) is 0 Å². The van der Waals surface area contributed by atoms with Gasteiger partial charge in [-0.15, -0.1) is 0 Å². The SMILES string of the molecule is O=C(O)C[C@H](CC(F)(F)C(F)(F)C(F)(F)F)C(=O)O. The molecule has 0 bridgehead atoms. The number of rotatable bonds is 6. The summed E-state index contributed by atoms with van der Waals surface area (Å²) in [7, 11) is 0. The van der Waals surface area contributed by atoms with Crippen LogP contribution in [0.4, 0.5) is 30.7 Å². The van der Waals surface area contributed by atoms with Gasteiger partial charge in [0.15, 0.2) is 0 Å². The fraction of sp³-hybridized carbons (Fsp3) is 0.750. The summed E-state index contributed by atoms with van der Waals surface area (Å²) in [6, 6.07) is 0. The summed E-state index contributed by atoms with van der Waals surface area (Å²) in [4.78, 5) is 20.5. The molecule has 0 aliphatic carbocycles. The van der Waals surface area contributed by atoms with Gasteiger partial charge in [0.2, 0.25) is 0 Å². The summed E-state index contributed by atoms with van der Waals surface area (Å²) < 4.78 is 85.8. The minimum absolute atomic E-state index is 1.50. The van der Waals surface area contributed by atoms with Gasteiger partial charge in [0.25, 0.3) is 0 Å². The molecule has 0 spiro atoms. The minimum atomic E-state index is -6.58. The molecule has 0 aromatic carbocycles. The van der Waals surface area contributed by atoms with Crippen molar-refractivity contribution in [1.82, 2.24) is 0 Å². The van der Waals surface area contributed by atoms with Gasteiger partial charge in [-0.25, -0.2) is 0 Å². The lowest BCUT2D eigenvalue weighted by atomic mass is 9.94. The third-order valence-corrected chi connectivity index (χ3v) is 2.09. The Hall–Kier alpha value is -1.55. The molecular weight excluding hydrogens is 293 g/mol. The van der Waals surface area contributed by atoms with Crippen molar-refractivity contribution < 1.29 is 50.5 Å². The summed E-state index contributed by atoms with van der Waals surface area (Å²) in [6.07, 6.45) is -10.5. The average molecular weight is 300 g/mol. The Balaban J connectivity index is 5.21. The van der Waals surface area contributed by atoms with E-state index in [4.69, 9.17) is 10.2 Å². The number of hydrogen-bond acceptors (Lipinski definition) is 2. The highest BCUT2D eigenvalue weighted by Gasteiger charge is 2.73. The molecule has 2 N–H and O–H groups in total. The van der Waals surface area contributed by atoms with Crippen LogP contribution < -0.4 is 0 Å². The number of hydrogen-bond donors (Lipinski definition) is 2. The number of carbonyl (C=O) groups is 2. The molecule has 0 unspecified atom stereocenters. The topological polar surface area (TPSA) is 74.6 Å². The third-order valence-electron chi connectivity index (χ3n) is 2.09. The molecule has 0 amide bonds. The zero-order valence-corrected chi connectivity index (χ0v) is 8.85. The lowest BCUT2D eigenvalue weighted by Crippen LogP contribution is -2.53. The van der Waals surface area contributed by atoms with Crippen LogP contribution in [0.2, 0.25) is 0 Å². The standard InChI is InChI=1S/C8H7F7O4/c9-6(10,7(11,12)8(13,14)15)2-3(5(18)19)1-4(16)17/h3H,1-2H2,(H,16,17)(H,18,19)/t3-/m1/s1. The van der Waals surface area contributed by atoms with Gasteiger partial charge in [-0.05, 0) is 0 Å². The van der Waals surface area contributed by atoms with Gasteiger partial charge in [-0.3, -0.25) is 9.59 Å². The van der Waals surface area contributed by atoms with E-state index in [0.29, 0.717) is 0 Å². The van der Waals surface area contributed by atoms with Crippen LogP contribution >= 0.6 is 0 Å². The van der Waals surface area contributed by atoms with Crippen LogP contribution in [-0.4, -0.2) is 40.2 Å². The van der Waals surface area contributed by atoms with Gasteiger partial charge in [0.1, 0.15) is 0 Å². The monoisotopic (exact) mass is 300 g/mol. The summed E-state index contributed by atoms with van der Waals surface area (Å²) in [5.41, 5.74) is 0. The third kappa shape index (κ3) is 3.96. The second kappa shape index (κ2) is 5.21. The molecule has 0 aromatic heterocycles. The van der Waals surface area contributed by atoms with Crippen LogP contribution in [0.5, 0.6) is 0 Å². The van der Waals surface area contributed by atoms with E-state index in [-0.39, 0.29) is 0 Å². The summed E-state index contributed by atoms with van der Waals surface area (Å²) >= 11 is 0. The number of carboxylic acid groups (broad SMARTS) is 2. The molecule has 0 radical (unpaired) electrons. The fourth-order valence-electron chi connectivity index (χ4n) is 1.10. The quantitative estimate of drug-likeness (QED) is 0.739.